The van der Waals surface area contributed by atoms with Crippen LogP contribution in [0.2, 0.25) is 0 Å². The van der Waals surface area contributed by atoms with Crippen molar-refractivity contribution in [3.63, 3.8) is 0 Å². The number of rotatable bonds is 15. The number of carboxylic acid groups (broad SMARTS) is 1. The molecule has 2 aromatic heterocycles. The molecule has 4 aromatic rings. The number of hydrogen-bond donors (Lipinski definition) is 4. The van der Waals surface area contributed by atoms with Crippen LogP contribution in [0.15, 0.2) is 70.2 Å². The van der Waals surface area contributed by atoms with Crippen LogP contribution >= 0.6 is 11.3 Å². The second-order valence-electron chi connectivity index (χ2n) is 13.5. The third-order valence-electron chi connectivity index (χ3n) is 9.52. The molecule has 2 aliphatic rings. The Hall–Kier alpha value is -6.30. The van der Waals surface area contributed by atoms with Gasteiger partial charge in [-0.25, -0.2) is 9.78 Å². The van der Waals surface area contributed by atoms with E-state index in [1.807, 2.05) is 11.4 Å². The molecule has 2 aliphatic heterocycles. The maximum atomic E-state index is 13.4. The summed E-state index contributed by atoms with van der Waals surface area (Å²) in [5, 5.41) is 24.9. The number of halogens is 6. The topological polar surface area (TPSA) is 188 Å². The highest BCUT2D eigenvalue weighted by Crippen LogP contribution is 2.52. The van der Waals surface area contributed by atoms with Gasteiger partial charge in [-0.1, -0.05) is 18.1 Å². The number of carbonyl (C=O) groups is 4. The van der Waals surface area contributed by atoms with Crippen LogP contribution in [0.1, 0.15) is 58.4 Å². The van der Waals surface area contributed by atoms with Gasteiger partial charge in [0.15, 0.2) is 5.78 Å². The molecule has 1 saturated heterocycles. The molecule has 0 spiro atoms. The van der Waals surface area contributed by atoms with E-state index in [2.05, 4.69) is 42.0 Å². The summed E-state index contributed by atoms with van der Waals surface area (Å²) < 4.78 is 77.0. The predicted molar refractivity (Wildman–Crippen MR) is 208 cm³/mol. The summed E-state index contributed by atoms with van der Waals surface area (Å²) >= 11 is 1.51. The van der Waals surface area contributed by atoms with Crippen LogP contribution in [0.3, 0.4) is 0 Å². The highest BCUT2D eigenvalue weighted by molar-refractivity contribution is 7.16. The number of methoxy groups -OCH3 is 1. The number of carbonyl (C=O) groups excluding carboxylic acids is 3. The van der Waals surface area contributed by atoms with E-state index in [1.165, 1.54) is 23.5 Å². The van der Waals surface area contributed by atoms with Crippen LogP contribution in [0.25, 0.3) is 10.2 Å². The van der Waals surface area contributed by atoms with Gasteiger partial charge in [-0.3, -0.25) is 14.4 Å². The minimum atomic E-state index is -5.08. The van der Waals surface area contributed by atoms with Crippen LogP contribution in [-0.4, -0.2) is 90.3 Å². The second-order valence-corrected chi connectivity index (χ2v) is 14.4. The third kappa shape index (κ3) is 11.0. The number of ketones is 1. The minimum Gasteiger partial charge on any atom is -0.497 e. The number of aliphatic carboxylic acids is 1. The maximum absolute atomic E-state index is 13.4. The normalized spacial score (nSPS) is 15.2. The van der Waals surface area contributed by atoms with Gasteiger partial charge in [0, 0.05) is 42.2 Å². The SMILES string of the molecule is C#CCNC(=O)[C@H](CCCCNc1nc(N2CCC(C(=O)c3ccc(OC)cc3)CC2)c2ccsc2n1)NC(=O)c1ccc(C2(C(F)(F)F)N=N2)cc1.O=C(O)C(F)(F)F. The molecule has 0 radical (unpaired) electrons. The van der Waals surface area contributed by atoms with E-state index in [1.54, 1.807) is 31.4 Å². The van der Waals surface area contributed by atoms with Crippen molar-refractivity contribution in [2.75, 3.05) is 43.5 Å². The Bertz CT molecular complexity index is 2230. The van der Waals surface area contributed by atoms with Gasteiger partial charge in [-0.15, -0.1) is 28.0 Å². The fourth-order valence-electron chi connectivity index (χ4n) is 6.25. The number of nitrogens with zero attached hydrogens (tertiary/aromatic N) is 5. The Balaban J connectivity index is 0.000000896. The fourth-order valence-corrected chi connectivity index (χ4v) is 7.00. The number of fused-ring (bicyclic) bond motifs is 1. The average molecular weight is 861 g/mol. The molecule has 0 bridgehead atoms. The Labute approximate surface area is 342 Å². The van der Waals surface area contributed by atoms with Crippen molar-refractivity contribution in [2.24, 2.45) is 16.1 Å². The lowest BCUT2D eigenvalue weighted by Crippen LogP contribution is -2.46. The molecule has 14 nitrogen and oxygen atoms in total. The smallest absolute Gasteiger partial charge is 0.490 e. The van der Waals surface area contributed by atoms with Gasteiger partial charge in [0.1, 0.15) is 22.4 Å². The number of unbranched alkanes of at least 4 members (excludes halogenated alkanes) is 1. The molecular weight excluding hydrogens is 823 g/mol. The monoisotopic (exact) mass is 860 g/mol. The standard InChI is InChI=1S/C37H37F3N8O4S.C2HF3O2/c1-3-18-41-33(51)29(43-32(50)25-7-11-26(12-8-25)36(46-47-36)37(38,39)40)6-4-5-19-42-35-44-31(28-17-22-53-34(28)45-35)48-20-15-24(16-21-48)30(49)23-9-13-27(52-2)14-10-23;3-2(4,5)1(6)7/h1,7-14,17,22,24,29H,4-6,15-16,18-21H2,2H3,(H,41,51)(H,43,50)(H,42,44,45);(H,6,7)/t29-;/m0./s1. The Morgan fingerprint density at radius 1 is 0.967 bits per heavy atom. The zero-order chi connectivity index (χ0) is 43.7. The third-order valence-corrected chi connectivity index (χ3v) is 10.3. The molecule has 318 valence electrons. The molecular formula is C39H38F6N8O6S. The molecule has 21 heteroatoms. The van der Waals surface area contributed by atoms with E-state index in [0.717, 1.165) is 28.2 Å². The zero-order valence-electron chi connectivity index (χ0n) is 31.8. The number of benzene rings is 2. The molecule has 0 saturated carbocycles. The first-order chi connectivity index (χ1) is 28.5. The van der Waals surface area contributed by atoms with Crippen LogP contribution < -0.4 is 25.6 Å². The van der Waals surface area contributed by atoms with Crippen molar-refractivity contribution in [1.29, 1.82) is 0 Å². The zero-order valence-corrected chi connectivity index (χ0v) is 32.6. The summed E-state index contributed by atoms with van der Waals surface area (Å²) in [6, 6.07) is 13.0. The van der Waals surface area contributed by atoms with Crippen molar-refractivity contribution in [3.8, 4) is 18.1 Å². The molecule has 0 aliphatic carbocycles. The Morgan fingerprint density at radius 2 is 1.60 bits per heavy atom. The molecule has 2 aromatic carbocycles. The number of hydrogen-bond acceptors (Lipinski definition) is 12. The largest absolute Gasteiger partial charge is 0.497 e. The Kier molecular flexibility index (Phi) is 14.3. The molecule has 60 heavy (non-hydrogen) atoms. The van der Waals surface area contributed by atoms with E-state index in [-0.39, 0.29) is 35.8 Å². The molecule has 4 heterocycles. The van der Waals surface area contributed by atoms with Crippen molar-refractivity contribution in [3.05, 3.63) is 76.7 Å². The number of terminal acetylenes is 1. The van der Waals surface area contributed by atoms with E-state index in [9.17, 15) is 40.7 Å². The predicted octanol–water partition coefficient (Wildman–Crippen LogP) is 6.74. The number of aromatic nitrogens is 2. The van der Waals surface area contributed by atoms with Crippen LogP contribution in [0.4, 0.5) is 38.1 Å². The van der Waals surface area contributed by atoms with E-state index in [4.69, 9.17) is 26.0 Å². The number of thiophene rings is 1. The van der Waals surface area contributed by atoms with Gasteiger partial charge < -0.3 is 30.7 Å². The lowest BCUT2D eigenvalue weighted by Gasteiger charge is -2.32. The first-order valence-corrected chi connectivity index (χ1v) is 19.2. The number of amides is 2. The maximum Gasteiger partial charge on any atom is 0.490 e. The summed E-state index contributed by atoms with van der Waals surface area (Å²) in [6.07, 6.45) is -1.66. The average Bonchev–Trinajstić information content (AvgIpc) is 3.93. The van der Waals surface area contributed by atoms with Gasteiger partial charge in [0.05, 0.1) is 19.0 Å². The molecule has 1 atom stereocenters. The van der Waals surface area contributed by atoms with Crippen LogP contribution in [0, 0.1) is 18.3 Å². The van der Waals surface area contributed by atoms with Crippen LogP contribution in [0.5, 0.6) is 5.75 Å². The van der Waals surface area contributed by atoms with Crippen molar-refractivity contribution in [1.82, 2.24) is 20.6 Å². The molecule has 2 amide bonds. The quantitative estimate of drug-likeness (QED) is 0.0432. The molecule has 0 unspecified atom stereocenters. The summed E-state index contributed by atoms with van der Waals surface area (Å²) in [6.45, 7) is 1.80. The highest BCUT2D eigenvalue weighted by Gasteiger charge is 2.65. The molecule has 6 rings (SSSR count). The van der Waals surface area contributed by atoms with Gasteiger partial charge in [-0.05, 0) is 79.9 Å². The van der Waals surface area contributed by atoms with E-state index < -0.39 is 41.8 Å². The van der Waals surface area contributed by atoms with E-state index >= 15 is 0 Å². The molecule has 1 fully saturated rings. The summed E-state index contributed by atoms with van der Waals surface area (Å²) in [5.74, 6) is 0.506. The summed E-state index contributed by atoms with van der Waals surface area (Å²) in [5.41, 5.74) is -2.03. The van der Waals surface area contributed by atoms with Gasteiger partial charge in [0.2, 0.25) is 11.9 Å². The van der Waals surface area contributed by atoms with Gasteiger partial charge in [-0.2, -0.15) is 31.3 Å². The number of carboxylic acids is 1. The lowest BCUT2D eigenvalue weighted by molar-refractivity contribution is -0.192. The summed E-state index contributed by atoms with van der Waals surface area (Å²) in [4.78, 5) is 60.5. The lowest BCUT2D eigenvalue weighted by atomic mass is 9.89. The second kappa shape index (κ2) is 19.2. The first-order valence-electron chi connectivity index (χ1n) is 18.3. The number of alkyl halides is 6. The van der Waals surface area contributed by atoms with Crippen molar-refractivity contribution < 1.29 is 55.4 Å². The van der Waals surface area contributed by atoms with Crippen molar-refractivity contribution >= 4 is 56.9 Å². The highest BCUT2D eigenvalue weighted by atomic mass is 32.1. The fraction of sp³-hybridized carbons (Fsp3) is 0.385. The number of nitrogens with one attached hydrogen (secondary N) is 3. The summed E-state index contributed by atoms with van der Waals surface area (Å²) in [7, 11) is 1.59. The van der Waals surface area contributed by atoms with Crippen LogP contribution in [-0.2, 0) is 15.3 Å². The van der Waals surface area contributed by atoms with E-state index in [0.29, 0.717) is 62.6 Å². The number of piperidine rings is 1. The van der Waals surface area contributed by atoms with Crippen molar-refractivity contribution in [2.45, 2.75) is 56.2 Å². The Morgan fingerprint density at radius 3 is 2.17 bits per heavy atom. The van der Waals surface area contributed by atoms with Gasteiger partial charge >= 0.3 is 24.0 Å². The molecule has 4 N–H and O–H groups in total. The number of ether oxygens (including phenoxy) is 1. The minimum absolute atomic E-state index is 0.0322. The first kappa shape index (κ1) is 44.8. The number of anilines is 2. The van der Waals surface area contributed by atoms with Gasteiger partial charge in [0.25, 0.3) is 5.91 Å². The number of Topliss-reactive ketones (excluding diaryl/α,β-unsaturated/α-hetero) is 1.